The Bertz CT molecular complexity index is 733. The molecule has 2 aliphatic carbocycles. The summed E-state index contributed by atoms with van der Waals surface area (Å²) in [6.45, 7) is 2.01. The van der Waals surface area contributed by atoms with Crippen LogP contribution >= 0.6 is 0 Å². The molecule has 0 radical (unpaired) electrons. The van der Waals surface area contributed by atoms with Crippen molar-refractivity contribution in [2.45, 2.75) is 76.3 Å². The standard InChI is InChI=1S/C19H28N6/c1-24-17(22-23-19(24)13-6-4-7-13)12-25-11-5-10-16(25)18-20-14-8-2-3-9-15(14)21-18/h13,16H,2-12H2,1H3,(H,20,21)/t16-/m1/s1. The van der Waals surface area contributed by atoms with Gasteiger partial charge >= 0.3 is 0 Å². The van der Waals surface area contributed by atoms with Crippen molar-refractivity contribution in [1.82, 2.24) is 29.6 Å². The molecule has 1 saturated carbocycles. The van der Waals surface area contributed by atoms with Gasteiger partial charge in [0, 0.05) is 18.7 Å². The molecule has 1 N–H and O–H groups in total. The third kappa shape index (κ3) is 2.71. The van der Waals surface area contributed by atoms with Crippen LogP contribution in [0, 0.1) is 0 Å². The molecule has 0 unspecified atom stereocenters. The Balaban J connectivity index is 1.35. The van der Waals surface area contributed by atoms with Crippen LogP contribution in [0.2, 0.25) is 0 Å². The summed E-state index contributed by atoms with van der Waals surface area (Å²) >= 11 is 0. The van der Waals surface area contributed by atoms with Crippen molar-refractivity contribution in [2.24, 2.45) is 7.05 Å². The van der Waals surface area contributed by atoms with Crippen molar-refractivity contribution < 1.29 is 0 Å². The van der Waals surface area contributed by atoms with E-state index in [4.69, 9.17) is 4.98 Å². The maximum Gasteiger partial charge on any atom is 0.146 e. The number of aromatic nitrogens is 5. The quantitative estimate of drug-likeness (QED) is 0.929. The number of likely N-dealkylation sites (tertiary alicyclic amines) is 1. The van der Waals surface area contributed by atoms with E-state index >= 15 is 0 Å². The fraction of sp³-hybridized carbons (Fsp3) is 0.737. The van der Waals surface area contributed by atoms with E-state index in [0.717, 1.165) is 25.3 Å². The minimum Gasteiger partial charge on any atom is -0.344 e. The van der Waals surface area contributed by atoms with Crippen molar-refractivity contribution >= 4 is 0 Å². The fourth-order valence-corrected chi connectivity index (χ4v) is 4.67. The van der Waals surface area contributed by atoms with E-state index in [1.165, 1.54) is 74.4 Å². The summed E-state index contributed by atoms with van der Waals surface area (Å²) in [6.07, 6.45) is 11.2. The molecule has 6 heteroatoms. The van der Waals surface area contributed by atoms with Crippen LogP contribution in [-0.2, 0) is 26.4 Å². The van der Waals surface area contributed by atoms with Crippen LogP contribution in [0.1, 0.15) is 85.8 Å². The first-order valence-electron chi connectivity index (χ1n) is 9.99. The van der Waals surface area contributed by atoms with Crippen LogP contribution in [0.15, 0.2) is 0 Å². The van der Waals surface area contributed by atoms with Crippen LogP contribution in [0.3, 0.4) is 0 Å². The Morgan fingerprint density at radius 3 is 2.72 bits per heavy atom. The van der Waals surface area contributed by atoms with Gasteiger partial charge < -0.3 is 9.55 Å². The van der Waals surface area contributed by atoms with Crippen molar-refractivity contribution in [3.8, 4) is 0 Å². The van der Waals surface area contributed by atoms with E-state index in [1.54, 1.807) is 0 Å². The molecule has 0 aromatic carbocycles. The molecule has 3 aliphatic rings. The van der Waals surface area contributed by atoms with Crippen molar-refractivity contribution in [3.63, 3.8) is 0 Å². The van der Waals surface area contributed by atoms with Gasteiger partial charge in [0.1, 0.15) is 17.5 Å². The minimum atomic E-state index is 0.412. The van der Waals surface area contributed by atoms with Crippen molar-refractivity contribution in [1.29, 1.82) is 0 Å². The second-order valence-corrected chi connectivity index (χ2v) is 8.04. The highest BCUT2D eigenvalue weighted by molar-refractivity contribution is 5.20. The number of nitrogens with one attached hydrogen (secondary N) is 1. The van der Waals surface area contributed by atoms with Gasteiger partial charge in [-0.2, -0.15) is 0 Å². The van der Waals surface area contributed by atoms with Crippen LogP contribution in [0.4, 0.5) is 0 Å². The molecule has 0 spiro atoms. The van der Waals surface area contributed by atoms with Gasteiger partial charge in [-0.3, -0.25) is 4.90 Å². The van der Waals surface area contributed by atoms with E-state index in [1.807, 2.05) is 0 Å². The Kier molecular flexibility index (Phi) is 3.88. The van der Waals surface area contributed by atoms with E-state index in [0.29, 0.717) is 12.0 Å². The van der Waals surface area contributed by atoms with E-state index in [-0.39, 0.29) is 0 Å². The summed E-state index contributed by atoms with van der Waals surface area (Å²) in [5.41, 5.74) is 2.71. The number of hydrogen-bond acceptors (Lipinski definition) is 4. The monoisotopic (exact) mass is 340 g/mol. The van der Waals surface area contributed by atoms with Gasteiger partial charge in [0.2, 0.25) is 0 Å². The van der Waals surface area contributed by atoms with Gasteiger partial charge in [-0.1, -0.05) is 6.42 Å². The molecule has 0 bridgehead atoms. The van der Waals surface area contributed by atoms with E-state index in [2.05, 4.69) is 31.7 Å². The van der Waals surface area contributed by atoms with Gasteiger partial charge in [-0.05, 0) is 57.9 Å². The highest BCUT2D eigenvalue weighted by atomic mass is 15.3. The van der Waals surface area contributed by atoms with Gasteiger partial charge in [-0.15, -0.1) is 10.2 Å². The second kappa shape index (κ2) is 6.24. The first-order valence-corrected chi connectivity index (χ1v) is 9.99. The van der Waals surface area contributed by atoms with E-state index in [9.17, 15) is 0 Å². The van der Waals surface area contributed by atoms with Crippen LogP contribution in [0.5, 0.6) is 0 Å². The predicted octanol–water partition coefficient (Wildman–Crippen LogP) is 3.02. The number of hydrogen-bond donors (Lipinski definition) is 1. The molecule has 0 amide bonds. The van der Waals surface area contributed by atoms with Gasteiger partial charge in [0.25, 0.3) is 0 Å². The van der Waals surface area contributed by atoms with Crippen molar-refractivity contribution in [2.75, 3.05) is 6.54 Å². The molecule has 1 atom stereocenters. The van der Waals surface area contributed by atoms with Crippen LogP contribution < -0.4 is 0 Å². The molecule has 1 aliphatic heterocycles. The van der Waals surface area contributed by atoms with Crippen molar-refractivity contribution in [3.05, 3.63) is 28.9 Å². The zero-order chi connectivity index (χ0) is 16.8. The number of aromatic amines is 1. The SMILES string of the molecule is Cn1c(CN2CCC[C@@H]2c2nc3c([nH]2)CCCC3)nnc1C1CCC1. The average Bonchev–Trinajstić information content (AvgIpc) is 3.27. The third-order valence-electron chi connectivity index (χ3n) is 6.47. The molecular weight excluding hydrogens is 312 g/mol. The topological polar surface area (TPSA) is 62.6 Å². The highest BCUT2D eigenvalue weighted by Gasteiger charge is 2.32. The Hall–Kier alpha value is -1.69. The summed E-state index contributed by atoms with van der Waals surface area (Å²) < 4.78 is 2.24. The maximum absolute atomic E-state index is 4.96. The molecule has 25 heavy (non-hydrogen) atoms. The molecule has 5 rings (SSSR count). The summed E-state index contributed by atoms with van der Waals surface area (Å²) in [4.78, 5) is 11.2. The summed E-state index contributed by atoms with van der Waals surface area (Å²) in [5, 5.41) is 9.01. The number of H-pyrrole nitrogens is 1. The zero-order valence-electron chi connectivity index (χ0n) is 15.2. The summed E-state index contributed by atoms with van der Waals surface area (Å²) in [5.74, 6) is 4.11. The molecule has 2 aromatic heterocycles. The third-order valence-corrected chi connectivity index (χ3v) is 6.47. The number of imidazole rings is 1. The number of rotatable bonds is 4. The Morgan fingerprint density at radius 1 is 1.04 bits per heavy atom. The minimum absolute atomic E-state index is 0.412. The van der Waals surface area contributed by atoms with Gasteiger partial charge in [0.05, 0.1) is 18.3 Å². The second-order valence-electron chi connectivity index (χ2n) is 8.04. The molecule has 3 heterocycles. The average molecular weight is 340 g/mol. The molecule has 1 saturated heterocycles. The smallest absolute Gasteiger partial charge is 0.146 e. The van der Waals surface area contributed by atoms with Crippen LogP contribution in [0.25, 0.3) is 0 Å². The first kappa shape index (κ1) is 15.6. The van der Waals surface area contributed by atoms with Gasteiger partial charge in [-0.25, -0.2) is 4.98 Å². The first-order chi connectivity index (χ1) is 12.3. The molecule has 2 fully saturated rings. The summed E-state index contributed by atoms with van der Waals surface area (Å²) in [6, 6.07) is 0.412. The molecule has 6 nitrogen and oxygen atoms in total. The lowest BCUT2D eigenvalue weighted by atomic mass is 9.85. The predicted molar refractivity (Wildman–Crippen MR) is 95.2 cm³/mol. The summed E-state index contributed by atoms with van der Waals surface area (Å²) in [7, 11) is 2.14. The lowest BCUT2D eigenvalue weighted by molar-refractivity contribution is 0.231. The Labute approximate surface area is 149 Å². The number of aryl methyl sites for hydroxylation is 2. The lowest BCUT2D eigenvalue weighted by Gasteiger charge is -2.25. The lowest BCUT2D eigenvalue weighted by Crippen LogP contribution is -2.25. The van der Waals surface area contributed by atoms with Gasteiger partial charge in [0.15, 0.2) is 0 Å². The molecule has 2 aromatic rings. The molecular formula is C19H28N6. The largest absolute Gasteiger partial charge is 0.344 e. The zero-order valence-corrected chi connectivity index (χ0v) is 15.2. The highest BCUT2D eigenvalue weighted by Crippen LogP contribution is 2.36. The number of fused-ring (bicyclic) bond motifs is 1. The normalized spacial score (nSPS) is 24.4. The molecule has 134 valence electrons. The Morgan fingerprint density at radius 2 is 1.92 bits per heavy atom. The fourth-order valence-electron chi connectivity index (χ4n) is 4.67. The maximum atomic E-state index is 4.96. The number of nitrogens with zero attached hydrogens (tertiary/aromatic N) is 5. The van der Waals surface area contributed by atoms with E-state index < -0.39 is 0 Å². The van der Waals surface area contributed by atoms with Crippen LogP contribution in [-0.4, -0.2) is 36.2 Å².